The molecule has 0 saturated carbocycles. The molecule has 107 heavy (non-hydrogen) atoms. The molecule has 0 amide bonds. The van der Waals surface area contributed by atoms with Crippen molar-refractivity contribution in [1.29, 1.82) is 5.26 Å². The first-order valence-electron chi connectivity index (χ1n) is 40.7. The minimum absolute atomic E-state index is 0. The molecule has 3 rings (SSSR count). The summed E-state index contributed by atoms with van der Waals surface area (Å²) in [6.07, 6.45) is 31.3. The van der Waals surface area contributed by atoms with Crippen molar-refractivity contribution >= 4 is 39.8 Å². The van der Waals surface area contributed by atoms with Gasteiger partial charge in [0.05, 0.1) is 69.2 Å². The van der Waals surface area contributed by atoms with Gasteiger partial charge in [-0.25, -0.2) is 0 Å². The number of aryl methyl sites for hydroxylation is 2. The molecule has 0 saturated heterocycles. The van der Waals surface area contributed by atoms with Crippen LogP contribution in [0.2, 0.25) is 0 Å². The second-order valence-electron chi connectivity index (χ2n) is 26.6. The molecule has 0 bridgehead atoms. The number of aliphatic hydroxyl groups is 1. The van der Waals surface area contributed by atoms with Gasteiger partial charge in [-0.15, -0.1) is 23.2 Å². The van der Waals surface area contributed by atoms with Crippen LogP contribution in [0.15, 0.2) is 89.8 Å². The quantitative estimate of drug-likeness (QED) is 0.0102. The molecular weight excluding hydrogens is 1460 g/mol. The molecule has 0 aromatic heterocycles. The fourth-order valence-corrected chi connectivity index (χ4v) is 11.4. The Kier molecular flexibility index (Phi) is 110. The summed E-state index contributed by atoms with van der Waals surface area (Å²) in [7, 11) is -3.68. The van der Waals surface area contributed by atoms with Crippen LogP contribution < -0.4 is 113 Å². The van der Waals surface area contributed by atoms with Crippen molar-refractivity contribution in [3.63, 3.8) is 0 Å². The molecule has 0 aliphatic carbocycles. The normalized spacial score (nSPS) is 12.2. The predicted octanol–water partition coefficient (Wildman–Crippen LogP) is 14.9. The molecule has 3 aromatic carbocycles. The van der Waals surface area contributed by atoms with E-state index in [0.29, 0.717) is 43.5 Å². The molecular formula is C86H159Cl2K2N3O13S. The summed E-state index contributed by atoms with van der Waals surface area (Å²) in [5.74, 6) is 4.15. The third-order valence-corrected chi connectivity index (χ3v) is 19.2. The topological polar surface area (TPSA) is 207 Å². The summed E-state index contributed by atoms with van der Waals surface area (Å²) in [6, 6.07) is 29.6. The number of nitrogens with zero attached hydrogens (tertiary/aromatic N) is 2. The Morgan fingerprint density at radius 2 is 0.785 bits per heavy atom. The van der Waals surface area contributed by atoms with E-state index < -0.39 is 10.1 Å². The number of alkyl halides is 2. The maximum absolute atomic E-state index is 12.0. The van der Waals surface area contributed by atoms with Crippen LogP contribution >= 0.6 is 23.2 Å². The summed E-state index contributed by atoms with van der Waals surface area (Å²) in [4.78, 5) is 13.9. The van der Waals surface area contributed by atoms with Gasteiger partial charge in [-0.3, -0.25) is 13.9 Å². The molecule has 0 aliphatic rings. The summed E-state index contributed by atoms with van der Waals surface area (Å²) in [5.41, 5.74) is 3.79. The first-order valence-corrected chi connectivity index (χ1v) is 43.2. The van der Waals surface area contributed by atoms with Crippen molar-refractivity contribution < 1.29 is 165 Å². The summed E-state index contributed by atoms with van der Waals surface area (Å²) in [5, 5.41) is 27.9. The molecule has 6 unspecified atom stereocenters. The van der Waals surface area contributed by atoms with Crippen molar-refractivity contribution in [3.8, 4) is 6.07 Å². The number of hydrogen-bond donors (Lipinski definition) is 2. The number of carbonyl (C=O) groups excluding carboxylic acids is 1. The van der Waals surface area contributed by atoms with Gasteiger partial charge in [0.1, 0.15) is 0 Å². The molecule has 0 radical (unpaired) electrons. The first kappa shape index (κ1) is 120. The number of benzene rings is 3. The largest absolute Gasteiger partial charge is 1.00 e. The number of nitrogens with one attached hydrogen (secondary N) is 1. The van der Waals surface area contributed by atoms with E-state index >= 15 is 0 Å². The number of nitriles is 1. The van der Waals surface area contributed by atoms with E-state index in [1.165, 1.54) is 159 Å². The van der Waals surface area contributed by atoms with Gasteiger partial charge in [-0.2, -0.15) is 13.7 Å². The van der Waals surface area contributed by atoms with Gasteiger partial charge in [0.15, 0.2) is 0 Å². The zero-order valence-corrected chi connectivity index (χ0v) is 79.9. The van der Waals surface area contributed by atoms with Crippen LogP contribution in [0.1, 0.15) is 269 Å². The maximum Gasteiger partial charge on any atom is 1.00 e. The van der Waals surface area contributed by atoms with Gasteiger partial charge in [0.2, 0.25) is 0 Å². The number of unbranched alkanes of at least 4 members (excludes halogenated alkanes) is 6. The predicted molar refractivity (Wildman–Crippen MR) is 443 cm³/mol. The van der Waals surface area contributed by atoms with Gasteiger partial charge < -0.3 is 50.4 Å². The fraction of sp³-hybridized carbons (Fsp3) is 0.767. The van der Waals surface area contributed by atoms with E-state index in [1.54, 1.807) is 30.3 Å². The summed E-state index contributed by atoms with van der Waals surface area (Å²) >= 11 is 9.53. The Bertz CT molecular complexity index is 2260. The molecule has 21 heteroatoms. The Hall–Kier alpha value is -0.0173. The minimum atomic E-state index is -3.68. The molecule has 6 atom stereocenters. The van der Waals surface area contributed by atoms with Crippen molar-refractivity contribution in [2.45, 2.75) is 276 Å². The van der Waals surface area contributed by atoms with Crippen LogP contribution in [-0.4, -0.2) is 149 Å². The standard InChI is InChI=1S/C27H49NO2.C20H43NO2.C17H28O4S.C10H22O2.C8H10.C2H3N.CH2Cl2.CH2O3.2K.H/c1-5-9-14-25(7-3)23-29-20-18-28(22-27-16-12-11-13-17-27)19-21-30-24-26(8-4)15-10-6-2;1-5-9-11-19(7-3)17-22-15-13-21-14-16-23-18-20(8-4)12-10-6-2;1-4-6-7-16(5-2)14-20-12-13-21-22(18,19)17-10-8-15(3)9-11-17;1-3-5-6-10(4-2)9-12-8-7-11;1-2-8-6-4-3-5-7-8;1-2-3;2-1-3;2-1-4-3;;;/h11-13,16-17,25-26H,5-10,14-15,18-24H2,1-4H3;19-21H,5-18H2,1-4H3;8-11,16H,4-7,12-14H2,1-3H3;10-11H,3-9H2,1-2H3;3-7H,2H2,1H3;1H3;1H2;1,3H;;;/q;;;;;;;;2*+1;-1/p-1. The van der Waals surface area contributed by atoms with Gasteiger partial charge >= 0.3 is 103 Å². The zero-order chi connectivity index (χ0) is 79.3. The second kappa shape index (κ2) is 98.3. The van der Waals surface area contributed by atoms with Gasteiger partial charge in [0.25, 0.3) is 16.6 Å². The maximum atomic E-state index is 12.0. The molecule has 0 aliphatic heterocycles. The number of aliphatic hydroxyl groups excluding tert-OH is 1. The van der Waals surface area contributed by atoms with Gasteiger partial charge in [0, 0.05) is 79.3 Å². The molecule has 2 N–H and O–H groups in total. The number of ether oxygens (including phenoxy) is 6. The third kappa shape index (κ3) is 86.7. The molecule has 16 nitrogen and oxygen atoms in total. The van der Waals surface area contributed by atoms with Crippen molar-refractivity contribution in [2.75, 3.05) is 124 Å². The monoisotopic (exact) mass is 1620 g/mol. The summed E-state index contributed by atoms with van der Waals surface area (Å²) < 4.78 is 63.5. The van der Waals surface area contributed by atoms with Gasteiger partial charge in [-0.05, 0) is 111 Å². The summed E-state index contributed by atoms with van der Waals surface area (Å²) in [6.45, 7) is 46.4. The Balaban J connectivity index is -0.000000193. The van der Waals surface area contributed by atoms with Crippen molar-refractivity contribution in [3.05, 3.63) is 102 Å². The van der Waals surface area contributed by atoms with E-state index in [1.807, 2.05) is 13.0 Å². The Morgan fingerprint density at radius 1 is 0.495 bits per heavy atom. The van der Waals surface area contributed by atoms with Crippen LogP contribution in [0, 0.1) is 53.8 Å². The van der Waals surface area contributed by atoms with Crippen LogP contribution in [-0.2, 0) is 65.4 Å². The average molecular weight is 1620 g/mol. The molecule has 3 aromatic rings. The first-order chi connectivity index (χ1) is 51.0. The molecule has 0 spiro atoms. The molecule has 0 fully saturated rings. The van der Waals surface area contributed by atoms with Crippen molar-refractivity contribution in [1.82, 2.24) is 10.2 Å². The van der Waals surface area contributed by atoms with Crippen LogP contribution in [0.4, 0.5) is 0 Å². The number of carbonyl (C=O) groups is 1. The second-order valence-corrected chi connectivity index (χ2v) is 29.1. The average Bonchev–Trinajstić information content (AvgIpc) is 0.848. The number of hydrogen-bond acceptors (Lipinski definition) is 16. The van der Waals surface area contributed by atoms with E-state index in [2.05, 4.69) is 160 Å². The molecule has 618 valence electrons. The fourth-order valence-electron chi connectivity index (χ4n) is 10.6. The molecule has 0 heterocycles. The van der Waals surface area contributed by atoms with E-state index in [-0.39, 0.29) is 134 Å². The zero-order valence-electron chi connectivity index (χ0n) is 72.3. The SMILES string of the molecule is CC#N.CCCCC(CC)COCCN(CCOCC(CC)CCCC)Cc1ccccc1.CCCCC(CC)COCCNCCOCC(CC)CCCC.CCCCC(CC)COCCO.CCCCC(CC)COCCOS(=O)(=O)c1ccc(C)cc1.CCc1ccccc1.ClCCl.O=CO[O-].[H-].[K+].[K+]. The smallest absolute Gasteiger partial charge is 1.00 e. The van der Waals surface area contributed by atoms with Crippen LogP contribution in [0.5, 0.6) is 0 Å². The number of halogens is 2. The minimum Gasteiger partial charge on any atom is -1.00 e. The number of rotatable bonds is 59. The Morgan fingerprint density at radius 3 is 1.06 bits per heavy atom. The Labute approximate surface area is 754 Å². The van der Waals surface area contributed by atoms with Crippen LogP contribution in [0.3, 0.4) is 0 Å². The van der Waals surface area contributed by atoms with Crippen LogP contribution in [0.25, 0.3) is 0 Å². The van der Waals surface area contributed by atoms with Gasteiger partial charge in [-0.1, -0.05) is 284 Å². The van der Waals surface area contributed by atoms with E-state index in [4.69, 9.17) is 76.2 Å². The van der Waals surface area contributed by atoms with Crippen molar-refractivity contribution in [2.24, 2.45) is 35.5 Å². The van der Waals surface area contributed by atoms with E-state index in [0.717, 1.165) is 129 Å². The van der Waals surface area contributed by atoms with E-state index in [9.17, 15) is 8.42 Å². The third-order valence-electron chi connectivity index (χ3n) is 17.9.